The summed E-state index contributed by atoms with van der Waals surface area (Å²) < 4.78 is 0. The molecule has 0 bridgehead atoms. The fourth-order valence-electron chi connectivity index (χ4n) is 1.51. The van der Waals surface area contributed by atoms with Crippen molar-refractivity contribution in [1.82, 2.24) is 4.98 Å². The van der Waals surface area contributed by atoms with Gasteiger partial charge in [-0.05, 0) is 31.4 Å². The maximum absolute atomic E-state index is 9.86. The molecule has 1 heterocycles. The molecule has 0 amide bonds. The highest BCUT2D eigenvalue weighted by atomic mass is 16.3. The Hall–Kier alpha value is -0.930. The van der Waals surface area contributed by atoms with Crippen LogP contribution in [0.3, 0.4) is 0 Å². The van der Waals surface area contributed by atoms with Crippen molar-refractivity contribution < 1.29 is 10.2 Å². The van der Waals surface area contributed by atoms with Gasteiger partial charge >= 0.3 is 0 Å². The number of nitrogens with zero attached hydrogens (tertiary/aromatic N) is 1. The van der Waals surface area contributed by atoms with E-state index >= 15 is 0 Å². The Kier molecular flexibility index (Phi) is 4.04. The highest BCUT2D eigenvalue weighted by molar-refractivity contribution is 5.07. The lowest BCUT2D eigenvalue weighted by Gasteiger charge is -2.19. The molecule has 1 aromatic rings. The van der Waals surface area contributed by atoms with Gasteiger partial charge in [-0.15, -0.1) is 0 Å². The first kappa shape index (κ1) is 11.1. The van der Waals surface area contributed by atoms with E-state index in [9.17, 15) is 10.2 Å². The highest BCUT2D eigenvalue weighted by Gasteiger charge is 2.18. The lowest BCUT2D eigenvalue weighted by molar-refractivity contribution is 0.0728. The molecule has 0 radical (unpaired) electrons. The molecule has 3 nitrogen and oxygen atoms in total. The van der Waals surface area contributed by atoms with Gasteiger partial charge in [0, 0.05) is 6.20 Å². The third-order valence-corrected chi connectivity index (χ3v) is 2.24. The highest BCUT2D eigenvalue weighted by Crippen LogP contribution is 2.23. The summed E-state index contributed by atoms with van der Waals surface area (Å²) in [6.07, 6.45) is 1.26. The maximum atomic E-state index is 9.86. The van der Waals surface area contributed by atoms with Gasteiger partial charge in [-0.3, -0.25) is 4.98 Å². The molecule has 3 heteroatoms. The van der Waals surface area contributed by atoms with Crippen LogP contribution >= 0.6 is 0 Å². The number of hydrogen-bond acceptors (Lipinski definition) is 3. The molecular weight excluding hydrogens is 178 g/mol. The molecule has 0 aromatic carbocycles. The smallest absolute Gasteiger partial charge is 0.0986 e. The molecular formula is C11H17NO2. The molecule has 0 spiro atoms. The predicted octanol–water partition coefficient (Wildman–Crippen LogP) is 1.52. The summed E-state index contributed by atoms with van der Waals surface area (Å²) in [7, 11) is 0. The molecule has 1 aromatic heterocycles. The SMILES string of the molecule is C[C@H](O)C[C@H](C)C(O)c1ccccn1. The van der Waals surface area contributed by atoms with Crippen LogP contribution in [-0.2, 0) is 0 Å². The summed E-state index contributed by atoms with van der Waals surface area (Å²) in [6.45, 7) is 3.63. The second kappa shape index (κ2) is 5.08. The van der Waals surface area contributed by atoms with Crippen LogP contribution < -0.4 is 0 Å². The minimum Gasteiger partial charge on any atom is -0.393 e. The molecule has 78 valence electrons. The van der Waals surface area contributed by atoms with E-state index < -0.39 is 6.10 Å². The number of aliphatic hydroxyl groups is 2. The fourth-order valence-corrected chi connectivity index (χ4v) is 1.51. The monoisotopic (exact) mass is 195 g/mol. The van der Waals surface area contributed by atoms with Crippen LogP contribution in [0.15, 0.2) is 24.4 Å². The summed E-state index contributed by atoms with van der Waals surface area (Å²) >= 11 is 0. The normalized spacial score (nSPS) is 17.4. The van der Waals surface area contributed by atoms with Gasteiger partial charge in [0.2, 0.25) is 0 Å². The molecule has 3 atom stereocenters. The first-order valence-corrected chi connectivity index (χ1v) is 4.88. The van der Waals surface area contributed by atoms with Crippen LogP contribution in [-0.4, -0.2) is 21.3 Å². The van der Waals surface area contributed by atoms with Gasteiger partial charge in [0.1, 0.15) is 0 Å². The summed E-state index contributed by atoms with van der Waals surface area (Å²) in [5, 5.41) is 19.1. The zero-order chi connectivity index (χ0) is 10.6. The van der Waals surface area contributed by atoms with Crippen molar-refractivity contribution in [2.75, 3.05) is 0 Å². The van der Waals surface area contributed by atoms with Gasteiger partial charge in [0.15, 0.2) is 0 Å². The van der Waals surface area contributed by atoms with E-state index in [1.807, 2.05) is 19.1 Å². The molecule has 0 fully saturated rings. The fraction of sp³-hybridized carbons (Fsp3) is 0.545. The molecule has 14 heavy (non-hydrogen) atoms. The Morgan fingerprint density at radius 3 is 2.50 bits per heavy atom. The average Bonchev–Trinajstić information content (AvgIpc) is 2.17. The van der Waals surface area contributed by atoms with Gasteiger partial charge in [-0.25, -0.2) is 0 Å². The third-order valence-electron chi connectivity index (χ3n) is 2.24. The Bertz CT molecular complexity index is 261. The van der Waals surface area contributed by atoms with Gasteiger partial charge in [0.05, 0.1) is 17.9 Å². The number of aliphatic hydroxyl groups excluding tert-OH is 2. The Morgan fingerprint density at radius 2 is 2.00 bits per heavy atom. The van der Waals surface area contributed by atoms with E-state index in [1.54, 1.807) is 19.2 Å². The largest absolute Gasteiger partial charge is 0.393 e. The maximum Gasteiger partial charge on any atom is 0.0986 e. The lowest BCUT2D eigenvalue weighted by Crippen LogP contribution is -2.15. The molecule has 2 N–H and O–H groups in total. The van der Waals surface area contributed by atoms with E-state index in [-0.39, 0.29) is 12.0 Å². The Balaban J connectivity index is 2.61. The number of aromatic nitrogens is 1. The van der Waals surface area contributed by atoms with E-state index in [4.69, 9.17) is 0 Å². The summed E-state index contributed by atoms with van der Waals surface area (Å²) in [5.41, 5.74) is 0.667. The Morgan fingerprint density at radius 1 is 1.29 bits per heavy atom. The summed E-state index contributed by atoms with van der Waals surface area (Å²) in [5.74, 6) is 0.0184. The molecule has 0 aliphatic heterocycles. The van der Waals surface area contributed by atoms with Crippen molar-refractivity contribution in [2.45, 2.75) is 32.5 Å². The van der Waals surface area contributed by atoms with Crippen LogP contribution in [0.25, 0.3) is 0 Å². The molecule has 0 saturated heterocycles. The second-order valence-electron chi connectivity index (χ2n) is 3.76. The molecule has 1 unspecified atom stereocenters. The molecule has 1 rings (SSSR count). The standard InChI is InChI=1S/C11H17NO2/c1-8(7-9(2)13)11(14)10-5-3-4-6-12-10/h3-6,8-9,11,13-14H,7H2,1-2H3/t8-,9-,11?/m0/s1. The zero-order valence-corrected chi connectivity index (χ0v) is 8.59. The topological polar surface area (TPSA) is 53.4 Å². The second-order valence-corrected chi connectivity index (χ2v) is 3.76. The lowest BCUT2D eigenvalue weighted by atomic mass is 9.95. The van der Waals surface area contributed by atoms with Gasteiger partial charge in [-0.2, -0.15) is 0 Å². The van der Waals surface area contributed by atoms with E-state index in [1.165, 1.54) is 0 Å². The van der Waals surface area contributed by atoms with E-state index in [0.29, 0.717) is 12.1 Å². The summed E-state index contributed by atoms with van der Waals surface area (Å²) in [4.78, 5) is 4.08. The van der Waals surface area contributed by atoms with Gasteiger partial charge in [0.25, 0.3) is 0 Å². The van der Waals surface area contributed by atoms with Crippen molar-refractivity contribution in [3.63, 3.8) is 0 Å². The van der Waals surface area contributed by atoms with Crippen molar-refractivity contribution in [3.8, 4) is 0 Å². The molecule has 0 saturated carbocycles. The van der Waals surface area contributed by atoms with E-state index in [0.717, 1.165) is 0 Å². The predicted molar refractivity (Wildman–Crippen MR) is 54.7 cm³/mol. The number of hydrogen-bond donors (Lipinski definition) is 2. The van der Waals surface area contributed by atoms with Gasteiger partial charge in [-0.1, -0.05) is 13.0 Å². The molecule has 0 aliphatic rings. The first-order valence-electron chi connectivity index (χ1n) is 4.88. The third kappa shape index (κ3) is 3.09. The van der Waals surface area contributed by atoms with Crippen LogP contribution in [0, 0.1) is 5.92 Å². The Labute approximate surface area is 84.4 Å². The quantitative estimate of drug-likeness (QED) is 0.766. The van der Waals surface area contributed by atoms with Crippen LogP contribution in [0.5, 0.6) is 0 Å². The van der Waals surface area contributed by atoms with Crippen molar-refractivity contribution >= 4 is 0 Å². The van der Waals surface area contributed by atoms with Crippen LogP contribution in [0.2, 0.25) is 0 Å². The zero-order valence-electron chi connectivity index (χ0n) is 8.59. The van der Waals surface area contributed by atoms with E-state index in [2.05, 4.69) is 4.98 Å². The number of rotatable bonds is 4. The van der Waals surface area contributed by atoms with Crippen LogP contribution in [0.1, 0.15) is 32.1 Å². The van der Waals surface area contributed by atoms with Crippen molar-refractivity contribution in [3.05, 3.63) is 30.1 Å². The minimum absolute atomic E-state index is 0.0184. The van der Waals surface area contributed by atoms with Crippen molar-refractivity contribution in [2.24, 2.45) is 5.92 Å². The van der Waals surface area contributed by atoms with Crippen molar-refractivity contribution in [1.29, 1.82) is 0 Å². The summed E-state index contributed by atoms with van der Waals surface area (Å²) in [6, 6.07) is 5.46. The first-order chi connectivity index (χ1) is 6.61. The van der Waals surface area contributed by atoms with Gasteiger partial charge < -0.3 is 10.2 Å². The minimum atomic E-state index is -0.592. The average molecular weight is 195 g/mol. The van der Waals surface area contributed by atoms with Crippen LogP contribution in [0.4, 0.5) is 0 Å². The number of pyridine rings is 1. The molecule has 0 aliphatic carbocycles.